The number of halogens is 1. The number of nitrogens with zero attached hydrogens (tertiary/aromatic N) is 2. The number of benzene rings is 1. The summed E-state index contributed by atoms with van der Waals surface area (Å²) in [6, 6.07) is 5.34. The van der Waals surface area contributed by atoms with E-state index >= 15 is 0 Å². The van der Waals surface area contributed by atoms with E-state index in [9.17, 15) is 4.39 Å². The van der Waals surface area contributed by atoms with E-state index in [-0.39, 0.29) is 11.9 Å². The summed E-state index contributed by atoms with van der Waals surface area (Å²) >= 11 is 0. The first-order valence-electron chi connectivity index (χ1n) is 6.00. The molecule has 1 atom stereocenters. The Balaban J connectivity index is 2.39. The highest BCUT2D eigenvalue weighted by Gasteiger charge is 2.10. The predicted molar refractivity (Wildman–Crippen MR) is 69.5 cm³/mol. The maximum atomic E-state index is 13.8. The van der Waals surface area contributed by atoms with E-state index in [1.165, 1.54) is 12.4 Å². The maximum absolute atomic E-state index is 13.8. The molecule has 0 amide bonds. The van der Waals surface area contributed by atoms with Crippen LogP contribution in [0.15, 0.2) is 36.9 Å². The molecule has 1 aromatic heterocycles. The molecule has 0 aliphatic heterocycles. The summed E-state index contributed by atoms with van der Waals surface area (Å²) in [5.74, 6) is -0.253. The van der Waals surface area contributed by atoms with Gasteiger partial charge in [0, 0.05) is 29.6 Å². The lowest BCUT2D eigenvalue weighted by Gasteiger charge is -2.14. The van der Waals surface area contributed by atoms with Crippen LogP contribution in [0.1, 0.15) is 25.5 Å². The molecule has 3 nitrogen and oxygen atoms in total. The van der Waals surface area contributed by atoms with Gasteiger partial charge in [0.2, 0.25) is 0 Å². The molecule has 2 aromatic rings. The summed E-state index contributed by atoms with van der Waals surface area (Å²) < 4.78 is 13.8. The molecule has 1 heterocycles. The van der Waals surface area contributed by atoms with Crippen molar-refractivity contribution < 1.29 is 4.39 Å². The van der Waals surface area contributed by atoms with E-state index in [2.05, 4.69) is 22.2 Å². The Morgan fingerprint density at radius 1 is 1.28 bits per heavy atom. The molecule has 94 valence electrons. The largest absolute Gasteiger partial charge is 0.310 e. The van der Waals surface area contributed by atoms with Gasteiger partial charge in [-0.05, 0) is 31.2 Å². The Kier molecular flexibility index (Phi) is 3.99. The van der Waals surface area contributed by atoms with Gasteiger partial charge in [-0.25, -0.2) is 14.4 Å². The third-order valence-corrected chi connectivity index (χ3v) is 2.87. The van der Waals surface area contributed by atoms with Crippen molar-refractivity contribution in [2.75, 3.05) is 6.54 Å². The highest BCUT2D eigenvalue weighted by atomic mass is 19.1. The van der Waals surface area contributed by atoms with Crippen molar-refractivity contribution in [1.82, 2.24) is 15.3 Å². The van der Waals surface area contributed by atoms with Crippen LogP contribution >= 0.6 is 0 Å². The minimum absolute atomic E-state index is 0.194. The van der Waals surface area contributed by atoms with E-state index in [0.717, 1.165) is 12.1 Å². The molecule has 0 spiro atoms. The zero-order valence-electron chi connectivity index (χ0n) is 10.5. The second kappa shape index (κ2) is 5.69. The second-order valence-corrected chi connectivity index (χ2v) is 4.15. The van der Waals surface area contributed by atoms with Crippen molar-refractivity contribution in [3.05, 3.63) is 48.3 Å². The summed E-state index contributed by atoms with van der Waals surface area (Å²) in [6.45, 7) is 4.98. The quantitative estimate of drug-likeness (QED) is 0.900. The van der Waals surface area contributed by atoms with Crippen molar-refractivity contribution >= 4 is 0 Å². The number of nitrogens with one attached hydrogen (secondary N) is 1. The van der Waals surface area contributed by atoms with Gasteiger partial charge in [0.25, 0.3) is 0 Å². The highest BCUT2D eigenvalue weighted by Crippen LogP contribution is 2.25. The van der Waals surface area contributed by atoms with Crippen molar-refractivity contribution in [3.8, 4) is 11.1 Å². The Bertz CT molecular complexity index is 514. The van der Waals surface area contributed by atoms with Crippen molar-refractivity contribution in [2.45, 2.75) is 19.9 Å². The minimum Gasteiger partial charge on any atom is -0.310 e. The number of hydrogen-bond acceptors (Lipinski definition) is 3. The van der Waals surface area contributed by atoms with Crippen LogP contribution in [0.5, 0.6) is 0 Å². The zero-order chi connectivity index (χ0) is 13.0. The number of rotatable bonds is 4. The van der Waals surface area contributed by atoms with Gasteiger partial charge < -0.3 is 5.32 Å². The highest BCUT2D eigenvalue weighted by molar-refractivity contribution is 5.63. The van der Waals surface area contributed by atoms with Crippen LogP contribution in [0.2, 0.25) is 0 Å². The lowest BCUT2D eigenvalue weighted by Crippen LogP contribution is -2.17. The molecule has 1 aromatic carbocycles. The molecule has 2 rings (SSSR count). The summed E-state index contributed by atoms with van der Waals surface area (Å²) in [5.41, 5.74) is 2.29. The van der Waals surface area contributed by atoms with Crippen molar-refractivity contribution in [1.29, 1.82) is 0 Å². The molecule has 18 heavy (non-hydrogen) atoms. The van der Waals surface area contributed by atoms with Crippen LogP contribution in [-0.4, -0.2) is 16.5 Å². The van der Waals surface area contributed by atoms with Crippen LogP contribution in [-0.2, 0) is 0 Å². The van der Waals surface area contributed by atoms with Crippen molar-refractivity contribution in [2.24, 2.45) is 0 Å². The van der Waals surface area contributed by atoms with E-state index in [1.54, 1.807) is 18.5 Å². The van der Waals surface area contributed by atoms with Gasteiger partial charge >= 0.3 is 0 Å². The summed E-state index contributed by atoms with van der Waals surface area (Å²) in [5, 5.41) is 3.31. The Hall–Kier alpha value is -1.81. The van der Waals surface area contributed by atoms with Gasteiger partial charge in [0.05, 0.1) is 0 Å². The fraction of sp³-hybridized carbons (Fsp3) is 0.286. The third-order valence-electron chi connectivity index (χ3n) is 2.87. The Labute approximate surface area is 106 Å². The van der Waals surface area contributed by atoms with Crippen LogP contribution in [0.3, 0.4) is 0 Å². The zero-order valence-corrected chi connectivity index (χ0v) is 10.5. The second-order valence-electron chi connectivity index (χ2n) is 4.15. The van der Waals surface area contributed by atoms with Gasteiger partial charge in [-0.3, -0.25) is 0 Å². The number of aromatic nitrogens is 2. The van der Waals surface area contributed by atoms with Crippen LogP contribution in [0, 0.1) is 5.82 Å². The molecule has 0 saturated carbocycles. The van der Waals surface area contributed by atoms with Gasteiger partial charge in [-0.15, -0.1) is 0 Å². The molecule has 0 aliphatic carbocycles. The Morgan fingerprint density at radius 2 is 2.00 bits per heavy atom. The first-order chi connectivity index (χ1) is 8.72. The SMILES string of the molecule is CCNC(C)c1ccc(F)c(-c2cncnc2)c1. The molecular weight excluding hydrogens is 229 g/mol. The van der Waals surface area contributed by atoms with Crippen LogP contribution < -0.4 is 5.32 Å². The molecular formula is C14H16FN3. The van der Waals surface area contributed by atoms with E-state index < -0.39 is 0 Å². The fourth-order valence-electron chi connectivity index (χ4n) is 1.90. The third kappa shape index (κ3) is 2.71. The first-order valence-corrected chi connectivity index (χ1v) is 6.00. The molecule has 0 bridgehead atoms. The van der Waals surface area contributed by atoms with E-state index in [0.29, 0.717) is 11.1 Å². The molecule has 0 fully saturated rings. The van der Waals surface area contributed by atoms with E-state index in [1.807, 2.05) is 13.0 Å². The molecule has 1 N–H and O–H groups in total. The van der Waals surface area contributed by atoms with Crippen molar-refractivity contribution in [3.63, 3.8) is 0 Å². The lowest BCUT2D eigenvalue weighted by molar-refractivity contribution is 0.593. The minimum atomic E-state index is -0.253. The number of hydrogen-bond donors (Lipinski definition) is 1. The normalized spacial score (nSPS) is 12.4. The molecule has 1 unspecified atom stereocenters. The van der Waals surface area contributed by atoms with Gasteiger partial charge in [0.15, 0.2) is 0 Å². The fourth-order valence-corrected chi connectivity index (χ4v) is 1.90. The van der Waals surface area contributed by atoms with Crippen LogP contribution in [0.25, 0.3) is 11.1 Å². The predicted octanol–water partition coefficient (Wildman–Crippen LogP) is 2.95. The lowest BCUT2D eigenvalue weighted by atomic mass is 10.0. The Morgan fingerprint density at radius 3 is 2.67 bits per heavy atom. The van der Waals surface area contributed by atoms with Crippen LogP contribution in [0.4, 0.5) is 4.39 Å². The topological polar surface area (TPSA) is 37.8 Å². The molecule has 4 heteroatoms. The monoisotopic (exact) mass is 245 g/mol. The smallest absolute Gasteiger partial charge is 0.131 e. The van der Waals surface area contributed by atoms with Gasteiger partial charge in [-0.1, -0.05) is 13.0 Å². The molecule has 0 aliphatic rings. The first kappa shape index (κ1) is 12.6. The summed E-state index contributed by atoms with van der Waals surface area (Å²) in [6.07, 6.45) is 4.67. The van der Waals surface area contributed by atoms with Gasteiger partial charge in [0.1, 0.15) is 12.1 Å². The standard InChI is InChI=1S/C14H16FN3/c1-3-18-10(2)11-4-5-14(15)13(6-11)12-7-16-9-17-8-12/h4-10,18H,3H2,1-2H3. The molecule has 0 saturated heterocycles. The molecule has 0 radical (unpaired) electrons. The summed E-state index contributed by atoms with van der Waals surface area (Å²) in [4.78, 5) is 7.84. The van der Waals surface area contributed by atoms with E-state index in [4.69, 9.17) is 0 Å². The van der Waals surface area contributed by atoms with Gasteiger partial charge in [-0.2, -0.15) is 0 Å². The summed E-state index contributed by atoms with van der Waals surface area (Å²) in [7, 11) is 0. The average Bonchev–Trinajstić information content (AvgIpc) is 2.40. The average molecular weight is 245 g/mol. The maximum Gasteiger partial charge on any atom is 0.131 e.